The number of nitrogens with zero attached hydrogens (tertiary/aromatic N) is 3. The van der Waals surface area contributed by atoms with Crippen LogP contribution in [0.1, 0.15) is 51.3 Å². The van der Waals surface area contributed by atoms with E-state index in [0.717, 1.165) is 45.0 Å². The Morgan fingerprint density at radius 2 is 2.04 bits per heavy atom. The maximum Gasteiger partial charge on any atom is 0.410 e. The van der Waals surface area contributed by atoms with Crippen molar-refractivity contribution < 1.29 is 9.53 Å². The minimum absolute atomic E-state index is 0.155. The third-order valence-corrected chi connectivity index (χ3v) is 6.07. The summed E-state index contributed by atoms with van der Waals surface area (Å²) in [6, 6.07) is 4.46. The van der Waals surface area contributed by atoms with E-state index in [1.807, 2.05) is 32.7 Å². The molecule has 1 aromatic rings. The van der Waals surface area contributed by atoms with E-state index in [4.69, 9.17) is 4.74 Å². The first kappa shape index (κ1) is 21.0. The van der Waals surface area contributed by atoms with Gasteiger partial charge in [0, 0.05) is 37.6 Å². The maximum atomic E-state index is 12.8. The Morgan fingerprint density at radius 1 is 1.32 bits per heavy atom. The SMILES string of the molecule is CN=C(NCc1cccs1)N1CCC(N(CC2CC2)C(=O)OC(C)(C)C)CC1. The number of aliphatic imine (C=N–C) groups is 1. The van der Waals surface area contributed by atoms with Crippen LogP contribution in [0.15, 0.2) is 22.5 Å². The van der Waals surface area contributed by atoms with Crippen LogP contribution in [0.25, 0.3) is 0 Å². The van der Waals surface area contributed by atoms with Crippen molar-refractivity contribution in [2.75, 3.05) is 26.7 Å². The van der Waals surface area contributed by atoms with Gasteiger partial charge in [0.25, 0.3) is 0 Å². The molecule has 156 valence electrons. The van der Waals surface area contributed by atoms with Crippen molar-refractivity contribution in [1.82, 2.24) is 15.1 Å². The average Bonchev–Trinajstić information content (AvgIpc) is 3.32. The summed E-state index contributed by atoms with van der Waals surface area (Å²) in [7, 11) is 1.84. The Hall–Kier alpha value is -1.76. The smallest absolute Gasteiger partial charge is 0.410 e. The van der Waals surface area contributed by atoms with E-state index in [1.165, 1.54) is 17.7 Å². The first-order valence-corrected chi connectivity index (χ1v) is 11.2. The number of thiophene rings is 1. The molecule has 2 fully saturated rings. The lowest BCUT2D eigenvalue weighted by atomic mass is 10.0. The van der Waals surface area contributed by atoms with Crippen molar-refractivity contribution >= 4 is 23.4 Å². The molecule has 1 saturated carbocycles. The van der Waals surface area contributed by atoms with Crippen LogP contribution in [-0.2, 0) is 11.3 Å². The van der Waals surface area contributed by atoms with Crippen LogP contribution >= 0.6 is 11.3 Å². The van der Waals surface area contributed by atoms with Gasteiger partial charge in [0.15, 0.2) is 5.96 Å². The highest BCUT2D eigenvalue weighted by Gasteiger charge is 2.35. The molecule has 0 radical (unpaired) electrons. The molecule has 1 amide bonds. The van der Waals surface area contributed by atoms with Crippen LogP contribution in [0.4, 0.5) is 4.79 Å². The molecule has 2 heterocycles. The lowest BCUT2D eigenvalue weighted by Gasteiger charge is -2.40. The Bertz CT molecular complexity index is 656. The molecule has 28 heavy (non-hydrogen) atoms. The summed E-state index contributed by atoms with van der Waals surface area (Å²) in [5.74, 6) is 1.60. The van der Waals surface area contributed by atoms with E-state index < -0.39 is 5.60 Å². The van der Waals surface area contributed by atoms with Gasteiger partial charge < -0.3 is 19.9 Å². The zero-order chi connectivity index (χ0) is 20.1. The summed E-state index contributed by atoms with van der Waals surface area (Å²) in [5.41, 5.74) is -0.451. The second-order valence-electron chi connectivity index (χ2n) is 8.77. The minimum atomic E-state index is -0.451. The molecule has 0 aromatic carbocycles. The fraction of sp³-hybridized carbons (Fsp3) is 0.714. The lowest BCUT2D eigenvalue weighted by Crippen LogP contribution is -2.52. The molecule has 0 atom stereocenters. The molecule has 7 heteroatoms. The molecule has 1 aliphatic carbocycles. The van der Waals surface area contributed by atoms with Crippen LogP contribution in [-0.4, -0.2) is 60.2 Å². The van der Waals surface area contributed by atoms with Crippen molar-refractivity contribution in [3.63, 3.8) is 0 Å². The summed E-state index contributed by atoms with van der Waals surface area (Å²) in [5, 5.41) is 5.56. The zero-order valence-corrected chi connectivity index (χ0v) is 18.4. The number of ether oxygens (including phenoxy) is 1. The van der Waals surface area contributed by atoms with Crippen molar-refractivity contribution in [2.24, 2.45) is 10.9 Å². The second kappa shape index (κ2) is 9.16. The van der Waals surface area contributed by atoms with Gasteiger partial charge in [-0.3, -0.25) is 4.99 Å². The first-order chi connectivity index (χ1) is 13.4. The fourth-order valence-electron chi connectivity index (χ4n) is 3.57. The summed E-state index contributed by atoms with van der Waals surface area (Å²) < 4.78 is 5.70. The van der Waals surface area contributed by atoms with Crippen LogP contribution in [0.2, 0.25) is 0 Å². The molecule has 1 N–H and O–H groups in total. The van der Waals surface area contributed by atoms with Gasteiger partial charge in [0.1, 0.15) is 5.60 Å². The predicted octanol–water partition coefficient (Wildman–Crippen LogP) is 3.94. The number of rotatable bonds is 5. The van der Waals surface area contributed by atoms with E-state index in [-0.39, 0.29) is 12.1 Å². The third-order valence-electron chi connectivity index (χ3n) is 5.20. The number of guanidine groups is 1. The zero-order valence-electron chi connectivity index (χ0n) is 17.6. The fourth-order valence-corrected chi connectivity index (χ4v) is 4.22. The predicted molar refractivity (Wildman–Crippen MR) is 115 cm³/mol. The van der Waals surface area contributed by atoms with E-state index in [2.05, 4.69) is 32.7 Å². The van der Waals surface area contributed by atoms with E-state index in [1.54, 1.807) is 11.3 Å². The summed E-state index contributed by atoms with van der Waals surface area (Å²) in [6.45, 7) is 9.25. The number of hydrogen-bond donors (Lipinski definition) is 1. The van der Waals surface area contributed by atoms with E-state index in [9.17, 15) is 4.79 Å². The Labute approximate surface area is 173 Å². The van der Waals surface area contributed by atoms with Crippen LogP contribution in [0.5, 0.6) is 0 Å². The number of hydrogen-bond acceptors (Lipinski definition) is 4. The standard InChI is InChI=1S/C21H34N4O2S/c1-21(2,3)27-20(26)25(15-16-7-8-16)17-9-11-24(12-10-17)19(22-4)23-14-18-6-5-13-28-18/h5-6,13,16-17H,7-12,14-15H2,1-4H3,(H,22,23). The third kappa shape index (κ3) is 6.12. The maximum absolute atomic E-state index is 12.8. The van der Waals surface area contributed by atoms with Crippen molar-refractivity contribution in [2.45, 2.75) is 64.6 Å². The van der Waals surface area contributed by atoms with Crippen molar-refractivity contribution in [3.8, 4) is 0 Å². The quantitative estimate of drug-likeness (QED) is 0.594. The Morgan fingerprint density at radius 3 is 2.57 bits per heavy atom. The molecule has 0 bridgehead atoms. The number of amides is 1. The van der Waals surface area contributed by atoms with Crippen LogP contribution in [0, 0.1) is 5.92 Å². The number of piperidine rings is 1. The molecule has 0 unspecified atom stereocenters. The van der Waals surface area contributed by atoms with Gasteiger partial charge in [-0.25, -0.2) is 4.79 Å². The topological polar surface area (TPSA) is 57.2 Å². The second-order valence-corrected chi connectivity index (χ2v) is 9.81. The number of carbonyl (C=O) groups is 1. The molecular formula is C21H34N4O2S. The molecule has 1 aliphatic heterocycles. The first-order valence-electron chi connectivity index (χ1n) is 10.3. The largest absolute Gasteiger partial charge is 0.444 e. The highest BCUT2D eigenvalue weighted by atomic mass is 32.1. The number of likely N-dealkylation sites (tertiary alicyclic amines) is 1. The molecule has 1 aromatic heterocycles. The van der Waals surface area contributed by atoms with Crippen molar-refractivity contribution in [3.05, 3.63) is 22.4 Å². The lowest BCUT2D eigenvalue weighted by molar-refractivity contribution is 0.00928. The molecule has 2 aliphatic rings. The van der Waals surface area contributed by atoms with Crippen LogP contribution in [0.3, 0.4) is 0 Å². The van der Waals surface area contributed by atoms with Gasteiger partial charge in [-0.15, -0.1) is 11.3 Å². The monoisotopic (exact) mass is 406 g/mol. The normalized spacial score (nSPS) is 18.9. The summed E-state index contributed by atoms with van der Waals surface area (Å²) in [6.07, 6.45) is 4.21. The molecule has 3 rings (SSSR count). The van der Waals surface area contributed by atoms with Gasteiger partial charge in [0.2, 0.25) is 0 Å². The number of carbonyl (C=O) groups excluding carboxylic acids is 1. The molecule has 1 saturated heterocycles. The highest BCUT2D eigenvalue weighted by Crippen LogP contribution is 2.32. The highest BCUT2D eigenvalue weighted by molar-refractivity contribution is 7.09. The summed E-state index contributed by atoms with van der Waals surface area (Å²) in [4.78, 5) is 22.8. The Kier molecular flexibility index (Phi) is 6.86. The van der Waals surface area contributed by atoms with E-state index in [0.29, 0.717) is 5.92 Å². The van der Waals surface area contributed by atoms with Crippen LogP contribution < -0.4 is 5.32 Å². The van der Waals surface area contributed by atoms with Gasteiger partial charge in [-0.1, -0.05) is 6.07 Å². The van der Waals surface area contributed by atoms with Gasteiger partial charge in [-0.2, -0.15) is 0 Å². The summed E-state index contributed by atoms with van der Waals surface area (Å²) >= 11 is 1.75. The average molecular weight is 407 g/mol. The van der Waals surface area contributed by atoms with Gasteiger partial charge in [-0.05, 0) is 63.8 Å². The Balaban J connectivity index is 1.54. The van der Waals surface area contributed by atoms with Crippen molar-refractivity contribution in [1.29, 1.82) is 0 Å². The minimum Gasteiger partial charge on any atom is -0.444 e. The molecule has 6 nitrogen and oxygen atoms in total. The van der Waals surface area contributed by atoms with Gasteiger partial charge >= 0.3 is 6.09 Å². The molecule has 0 spiro atoms. The molecular weight excluding hydrogens is 372 g/mol. The van der Waals surface area contributed by atoms with E-state index >= 15 is 0 Å². The van der Waals surface area contributed by atoms with Gasteiger partial charge in [0.05, 0.1) is 6.54 Å². The number of nitrogens with one attached hydrogen (secondary N) is 1.